The van der Waals surface area contributed by atoms with Crippen molar-refractivity contribution in [1.82, 2.24) is 10.2 Å². The molecule has 22 heavy (non-hydrogen) atoms. The summed E-state index contributed by atoms with van der Waals surface area (Å²) in [4.78, 5) is 15.7. The highest BCUT2D eigenvalue weighted by Crippen LogP contribution is 2.30. The maximum absolute atomic E-state index is 12.9. The molecule has 2 heterocycles. The zero-order chi connectivity index (χ0) is 15.5. The second-order valence-electron chi connectivity index (χ2n) is 5.91. The zero-order valence-corrected chi connectivity index (χ0v) is 14.0. The number of amides is 1. The van der Waals surface area contributed by atoms with Gasteiger partial charge in [-0.2, -0.15) is 0 Å². The summed E-state index contributed by atoms with van der Waals surface area (Å²) in [7, 11) is 1.97. The van der Waals surface area contributed by atoms with Crippen LogP contribution in [0.3, 0.4) is 0 Å². The fourth-order valence-electron chi connectivity index (χ4n) is 2.98. The Morgan fingerprint density at radius 2 is 2.05 bits per heavy atom. The van der Waals surface area contributed by atoms with Crippen LogP contribution < -0.4 is 5.32 Å². The summed E-state index contributed by atoms with van der Waals surface area (Å²) in [6.07, 6.45) is 2.22. The molecule has 3 rings (SSSR count). The van der Waals surface area contributed by atoms with E-state index in [2.05, 4.69) is 42.6 Å². The molecule has 1 aromatic carbocycles. The summed E-state index contributed by atoms with van der Waals surface area (Å²) < 4.78 is 0. The molecule has 1 atom stereocenters. The molecule has 1 amide bonds. The highest BCUT2D eigenvalue weighted by atomic mass is 32.1. The molecule has 0 bridgehead atoms. The Morgan fingerprint density at radius 1 is 1.27 bits per heavy atom. The molecule has 1 unspecified atom stereocenters. The summed E-state index contributed by atoms with van der Waals surface area (Å²) in [6, 6.07) is 10.9. The molecule has 0 saturated carbocycles. The lowest BCUT2D eigenvalue weighted by Gasteiger charge is -2.32. The Hall–Kier alpha value is -1.65. The second kappa shape index (κ2) is 6.63. The van der Waals surface area contributed by atoms with Crippen molar-refractivity contribution >= 4 is 17.2 Å². The number of nitrogens with zero attached hydrogens (tertiary/aromatic N) is 1. The van der Waals surface area contributed by atoms with E-state index >= 15 is 0 Å². The van der Waals surface area contributed by atoms with Gasteiger partial charge in [-0.25, -0.2) is 0 Å². The van der Waals surface area contributed by atoms with Crippen LogP contribution in [0.2, 0.25) is 0 Å². The van der Waals surface area contributed by atoms with Crippen LogP contribution in [-0.4, -0.2) is 37.0 Å². The van der Waals surface area contributed by atoms with Gasteiger partial charge in [0.15, 0.2) is 0 Å². The largest absolute Gasteiger partial charge is 0.336 e. The van der Waals surface area contributed by atoms with E-state index in [9.17, 15) is 4.79 Å². The van der Waals surface area contributed by atoms with Gasteiger partial charge in [0, 0.05) is 24.7 Å². The van der Waals surface area contributed by atoms with Crippen LogP contribution in [0.1, 0.15) is 28.1 Å². The van der Waals surface area contributed by atoms with Crippen molar-refractivity contribution in [2.45, 2.75) is 25.8 Å². The average Bonchev–Trinajstić information content (AvgIpc) is 3.04. The third-order valence-corrected chi connectivity index (χ3v) is 5.24. The van der Waals surface area contributed by atoms with E-state index in [1.165, 1.54) is 5.56 Å². The van der Waals surface area contributed by atoms with E-state index in [1.54, 1.807) is 11.3 Å². The highest BCUT2D eigenvalue weighted by Gasteiger charge is 2.26. The van der Waals surface area contributed by atoms with Crippen molar-refractivity contribution in [3.8, 4) is 11.1 Å². The standard InChI is InChI=1S/C18H22N2OS/c1-13-5-7-14(8-6-13)16-9-11-22-17(16)18(21)20-10-3-4-15(12-20)19-2/h5-9,11,15,19H,3-4,10,12H2,1-2H3. The summed E-state index contributed by atoms with van der Waals surface area (Å²) in [5.74, 6) is 0.172. The fourth-order valence-corrected chi connectivity index (χ4v) is 3.86. The Labute approximate surface area is 136 Å². The molecule has 2 aromatic rings. The predicted octanol–water partition coefficient (Wildman–Crippen LogP) is 3.55. The van der Waals surface area contributed by atoms with Crippen molar-refractivity contribution < 1.29 is 4.79 Å². The summed E-state index contributed by atoms with van der Waals surface area (Å²) in [5.41, 5.74) is 3.42. The lowest BCUT2D eigenvalue weighted by atomic mass is 10.0. The van der Waals surface area contributed by atoms with E-state index in [0.29, 0.717) is 6.04 Å². The molecule has 1 aliphatic rings. The van der Waals surface area contributed by atoms with Gasteiger partial charge >= 0.3 is 0 Å². The summed E-state index contributed by atoms with van der Waals surface area (Å²) in [6.45, 7) is 3.75. The van der Waals surface area contributed by atoms with Crippen LogP contribution in [0, 0.1) is 6.92 Å². The molecule has 0 spiro atoms. The van der Waals surface area contributed by atoms with E-state index in [0.717, 1.165) is 41.9 Å². The van der Waals surface area contributed by atoms with Crippen molar-refractivity contribution in [2.75, 3.05) is 20.1 Å². The third kappa shape index (κ3) is 3.08. The molecular weight excluding hydrogens is 292 g/mol. The van der Waals surface area contributed by atoms with Gasteiger partial charge in [0.05, 0.1) is 4.88 Å². The van der Waals surface area contributed by atoms with Gasteiger partial charge in [-0.1, -0.05) is 29.8 Å². The first kappa shape index (κ1) is 15.3. The van der Waals surface area contributed by atoms with Gasteiger partial charge in [0.2, 0.25) is 0 Å². The molecule has 116 valence electrons. The lowest BCUT2D eigenvalue weighted by Crippen LogP contribution is -2.46. The van der Waals surface area contributed by atoms with E-state index in [-0.39, 0.29) is 5.91 Å². The number of likely N-dealkylation sites (N-methyl/N-ethyl adjacent to an activating group) is 1. The molecule has 1 N–H and O–H groups in total. The zero-order valence-electron chi connectivity index (χ0n) is 13.1. The molecule has 1 aliphatic heterocycles. The monoisotopic (exact) mass is 314 g/mol. The number of rotatable bonds is 3. The molecule has 1 saturated heterocycles. The minimum Gasteiger partial charge on any atom is -0.336 e. The van der Waals surface area contributed by atoms with Gasteiger partial charge < -0.3 is 10.2 Å². The Bertz CT molecular complexity index is 647. The molecule has 1 aromatic heterocycles. The van der Waals surface area contributed by atoms with Crippen molar-refractivity contribution in [2.24, 2.45) is 0 Å². The molecular formula is C18H22N2OS. The third-order valence-electron chi connectivity index (χ3n) is 4.34. The number of hydrogen-bond donors (Lipinski definition) is 1. The molecule has 1 fully saturated rings. The summed E-state index contributed by atoms with van der Waals surface area (Å²) in [5, 5.41) is 5.31. The fraction of sp³-hybridized carbons (Fsp3) is 0.389. The van der Waals surface area contributed by atoms with Crippen LogP contribution >= 0.6 is 11.3 Å². The molecule has 0 radical (unpaired) electrons. The van der Waals surface area contributed by atoms with E-state index < -0.39 is 0 Å². The van der Waals surface area contributed by atoms with Crippen LogP contribution in [0.25, 0.3) is 11.1 Å². The molecule has 4 heteroatoms. The number of aryl methyl sites for hydroxylation is 1. The topological polar surface area (TPSA) is 32.3 Å². The number of carbonyl (C=O) groups excluding carboxylic acids is 1. The number of nitrogens with one attached hydrogen (secondary N) is 1. The highest BCUT2D eigenvalue weighted by molar-refractivity contribution is 7.12. The Morgan fingerprint density at radius 3 is 2.77 bits per heavy atom. The van der Waals surface area contributed by atoms with Gasteiger partial charge in [-0.15, -0.1) is 11.3 Å². The average molecular weight is 314 g/mol. The van der Waals surface area contributed by atoms with Crippen LogP contribution in [0.5, 0.6) is 0 Å². The number of thiophene rings is 1. The normalized spacial score (nSPS) is 18.5. The predicted molar refractivity (Wildman–Crippen MR) is 92.5 cm³/mol. The van der Waals surface area contributed by atoms with Gasteiger partial charge in [0.25, 0.3) is 5.91 Å². The number of piperidine rings is 1. The minimum atomic E-state index is 0.172. The maximum atomic E-state index is 12.9. The smallest absolute Gasteiger partial charge is 0.264 e. The SMILES string of the molecule is CNC1CCCN(C(=O)c2sccc2-c2ccc(C)cc2)C1. The van der Waals surface area contributed by atoms with Gasteiger partial charge in [-0.3, -0.25) is 4.79 Å². The van der Waals surface area contributed by atoms with Gasteiger partial charge in [0.1, 0.15) is 0 Å². The van der Waals surface area contributed by atoms with Crippen molar-refractivity contribution in [3.05, 3.63) is 46.2 Å². The van der Waals surface area contributed by atoms with Crippen LogP contribution in [0.15, 0.2) is 35.7 Å². The van der Waals surface area contributed by atoms with Gasteiger partial charge in [-0.05, 0) is 43.8 Å². The first-order chi connectivity index (χ1) is 10.7. The van der Waals surface area contributed by atoms with E-state index in [4.69, 9.17) is 0 Å². The Balaban J connectivity index is 1.85. The maximum Gasteiger partial charge on any atom is 0.264 e. The van der Waals surface area contributed by atoms with Crippen LogP contribution in [-0.2, 0) is 0 Å². The molecule has 3 nitrogen and oxygen atoms in total. The molecule has 0 aliphatic carbocycles. The second-order valence-corrected chi connectivity index (χ2v) is 6.82. The lowest BCUT2D eigenvalue weighted by molar-refractivity contribution is 0.0704. The van der Waals surface area contributed by atoms with Crippen molar-refractivity contribution in [1.29, 1.82) is 0 Å². The quantitative estimate of drug-likeness (QED) is 0.939. The summed E-state index contributed by atoms with van der Waals surface area (Å²) >= 11 is 1.55. The van der Waals surface area contributed by atoms with Crippen molar-refractivity contribution in [3.63, 3.8) is 0 Å². The number of likely N-dealkylation sites (tertiary alicyclic amines) is 1. The van der Waals surface area contributed by atoms with E-state index in [1.807, 2.05) is 17.3 Å². The minimum absolute atomic E-state index is 0.172. The first-order valence-corrected chi connectivity index (χ1v) is 8.68. The van der Waals surface area contributed by atoms with Crippen LogP contribution in [0.4, 0.5) is 0 Å². The first-order valence-electron chi connectivity index (χ1n) is 7.80. The number of hydrogen-bond acceptors (Lipinski definition) is 3. The Kier molecular flexibility index (Phi) is 4.60. The number of carbonyl (C=O) groups is 1. The number of benzene rings is 1.